The van der Waals surface area contributed by atoms with E-state index in [-0.39, 0.29) is 6.42 Å². The number of rotatable bonds is 4. The highest BCUT2D eigenvalue weighted by Gasteiger charge is 2.02. The Hall–Kier alpha value is -0.640. The minimum absolute atomic E-state index is 0.172. The number of hydrogen-bond acceptors (Lipinski definition) is 2. The topological polar surface area (TPSA) is 69.1 Å². The second kappa shape index (κ2) is 4.26. The van der Waals surface area contributed by atoms with Gasteiger partial charge < -0.3 is 11.5 Å². The monoisotopic (exact) mass is 134 g/mol. The van der Waals surface area contributed by atoms with Crippen LogP contribution in [0.25, 0.3) is 0 Å². The summed E-state index contributed by atoms with van der Waals surface area (Å²) in [6.45, 7) is -0.590. The molecule has 0 saturated heterocycles. The lowest BCUT2D eigenvalue weighted by Gasteiger charge is -2.02. The number of amides is 1. The summed E-state index contributed by atoms with van der Waals surface area (Å²) in [7, 11) is 0. The largest absolute Gasteiger partial charge is 0.370 e. The van der Waals surface area contributed by atoms with Crippen LogP contribution in [0.4, 0.5) is 4.39 Å². The molecule has 0 aromatic heterocycles. The molecule has 0 rings (SSSR count). The van der Waals surface area contributed by atoms with Crippen molar-refractivity contribution in [3.05, 3.63) is 0 Å². The Bertz CT molecular complexity index is 97.0. The molecular weight excluding hydrogens is 123 g/mol. The fraction of sp³-hybridized carbons (Fsp3) is 0.800. The zero-order valence-corrected chi connectivity index (χ0v) is 5.14. The van der Waals surface area contributed by atoms with Crippen molar-refractivity contribution in [2.24, 2.45) is 11.5 Å². The second-order valence-corrected chi connectivity index (χ2v) is 1.92. The van der Waals surface area contributed by atoms with Crippen LogP contribution in [-0.2, 0) is 4.79 Å². The average Bonchev–Trinajstić information content (AvgIpc) is 1.83. The first-order valence-electron chi connectivity index (χ1n) is 2.76. The van der Waals surface area contributed by atoms with E-state index in [2.05, 4.69) is 0 Å². The van der Waals surface area contributed by atoms with Crippen molar-refractivity contribution in [2.75, 3.05) is 6.67 Å². The van der Waals surface area contributed by atoms with Crippen molar-refractivity contribution in [1.82, 2.24) is 0 Å². The lowest BCUT2D eigenvalue weighted by atomic mass is 10.2. The lowest BCUT2D eigenvalue weighted by Crippen LogP contribution is -2.24. The molecule has 0 aliphatic rings. The highest BCUT2D eigenvalue weighted by Crippen LogP contribution is 1.92. The standard InChI is InChI=1S/C5H11FN2O/c6-3-4(7)1-2-5(8)9/h4H,1-3,7H2,(H2,8,9). The molecule has 9 heavy (non-hydrogen) atoms. The number of carbonyl (C=O) groups excluding carboxylic acids is 1. The molecular formula is C5H11FN2O. The fourth-order valence-electron chi connectivity index (χ4n) is 0.405. The van der Waals surface area contributed by atoms with Gasteiger partial charge in [0.2, 0.25) is 5.91 Å². The van der Waals surface area contributed by atoms with Gasteiger partial charge in [-0.05, 0) is 6.42 Å². The number of halogens is 1. The van der Waals surface area contributed by atoms with Gasteiger partial charge in [-0.2, -0.15) is 0 Å². The normalized spacial score (nSPS) is 13.1. The molecule has 0 fully saturated rings. The molecule has 4 N–H and O–H groups in total. The molecule has 0 spiro atoms. The Morgan fingerprint density at radius 1 is 1.67 bits per heavy atom. The molecule has 1 unspecified atom stereocenters. The van der Waals surface area contributed by atoms with E-state index < -0.39 is 18.6 Å². The van der Waals surface area contributed by atoms with Gasteiger partial charge in [-0.3, -0.25) is 4.79 Å². The predicted octanol–water partition coefficient (Wildman–Crippen LogP) is -0.451. The molecule has 0 aromatic rings. The summed E-state index contributed by atoms with van der Waals surface area (Å²) < 4.78 is 11.6. The van der Waals surface area contributed by atoms with Crippen LogP contribution in [0.2, 0.25) is 0 Å². The van der Waals surface area contributed by atoms with Crippen LogP contribution in [0.15, 0.2) is 0 Å². The molecule has 54 valence electrons. The quantitative estimate of drug-likeness (QED) is 0.546. The number of carbonyl (C=O) groups is 1. The highest BCUT2D eigenvalue weighted by molar-refractivity contribution is 5.73. The van der Waals surface area contributed by atoms with Crippen molar-refractivity contribution in [1.29, 1.82) is 0 Å². The second-order valence-electron chi connectivity index (χ2n) is 1.92. The first-order valence-corrected chi connectivity index (χ1v) is 2.76. The smallest absolute Gasteiger partial charge is 0.217 e. The Balaban J connectivity index is 3.16. The van der Waals surface area contributed by atoms with Crippen molar-refractivity contribution < 1.29 is 9.18 Å². The SMILES string of the molecule is NC(=O)CCC(N)CF. The third-order valence-corrected chi connectivity index (χ3v) is 0.960. The Labute approximate surface area is 53.2 Å². The molecule has 3 nitrogen and oxygen atoms in total. The van der Waals surface area contributed by atoms with Crippen LogP contribution in [0, 0.1) is 0 Å². The molecule has 1 atom stereocenters. The van der Waals surface area contributed by atoms with Gasteiger partial charge in [-0.25, -0.2) is 4.39 Å². The zero-order chi connectivity index (χ0) is 7.28. The third-order valence-electron chi connectivity index (χ3n) is 0.960. The van der Waals surface area contributed by atoms with E-state index in [0.717, 1.165) is 0 Å². The van der Waals surface area contributed by atoms with E-state index in [9.17, 15) is 9.18 Å². The maximum Gasteiger partial charge on any atom is 0.217 e. The molecule has 0 aliphatic heterocycles. The van der Waals surface area contributed by atoms with Gasteiger partial charge in [0, 0.05) is 12.5 Å². The van der Waals surface area contributed by atoms with E-state index in [1.54, 1.807) is 0 Å². The molecule has 0 aliphatic carbocycles. The van der Waals surface area contributed by atoms with E-state index in [0.29, 0.717) is 6.42 Å². The summed E-state index contributed by atoms with van der Waals surface area (Å²) in [4.78, 5) is 10.1. The van der Waals surface area contributed by atoms with Crippen molar-refractivity contribution in [3.8, 4) is 0 Å². The van der Waals surface area contributed by atoms with Crippen LogP contribution in [0.1, 0.15) is 12.8 Å². The van der Waals surface area contributed by atoms with Crippen LogP contribution in [0.5, 0.6) is 0 Å². The lowest BCUT2D eigenvalue weighted by molar-refractivity contribution is -0.118. The van der Waals surface area contributed by atoms with E-state index >= 15 is 0 Å². The van der Waals surface area contributed by atoms with Gasteiger partial charge in [-0.1, -0.05) is 0 Å². The van der Waals surface area contributed by atoms with Crippen LogP contribution in [0.3, 0.4) is 0 Å². The summed E-state index contributed by atoms with van der Waals surface area (Å²) in [5, 5.41) is 0. The maximum absolute atomic E-state index is 11.6. The zero-order valence-electron chi connectivity index (χ0n) is 5.14. The van der Waals surface area contributed by atoms with Crippen LogP contribution < -0.4 is 11.5 Å². The minimum atomic E-state index is -0.590. The van der Waals surface area contributed by atoms with Gasteiger partial charge in [0.1, 0.15) is 6.67 Å². The molecule has 1 amide bonds. The summed E-state index contributed by atoms with van der Waals surface area (Å²) >= 11 is 0. The van der Waals surface area contributed by atoms with Gasteiger partial charge in [0.25, 0.3) is 0 Å². The number of alkyl halides is 1. The third kappa shape index (κ3) is 5.23. The summed E-state index contributed by atoms with van der Waals surface area (Å²) in [5.41, 5.74) is 9.92. The molecule has 4 heteroatoms. The molecule has 0 heterocycles. The summed E-state index contributed by atoms with van der Waals surface area (Å²) in [5.74, 6) is -0.432. The van der Waals surface area contributed by atoms with Crippen LogP contribution >= 0.6 is 0 Å². The summed E-state index contributed by atoms with van der Waals surface area (Å²) in [6, 6.07) is -0.530. The maximum atomic E-state index is 11.6. The first kappa shape index (κ1) is 8.36. The Kier molecular flexibility index (Phi) is 3.96. The Morgan fingerprint density at radius 2 is 2.22 bits per heavy atom. The first-order chi connectivity index (χ1) is 4.16. The van der Waals surface area contributed by atoms with Crippen LogP contribution in [-0.4, -0.2) is 18.6 Å². The van der Waals surface area contributed by atoms with Gasteiger partial charge >= 0.3 is 0 Å². The van der Waals surface area contributed by atoms with Gasteiger partial charge in [-0.15, -0.1) is 0 Å². The molecule has 0 aromatic carbocycles. The van der Waals surface area contributed by atoms with Crippen molar-refractivity contribution >= 4 is 5.91 Å². The van der Waals surface area contributed by atoms with E-state index in [4.69, 9.17) is 11.5 Å². The van der Waals surface area contributed by atoms with E-state index in [1.165, 1.54) is 0 Å². The highest BCUT2D eigenvalue weighted by atomic mass is 19.1. The van der Waals surface area contributed by atoms with Crippen molar-refractivity contribution in [3.63, 3.8) is 0 Å². The molecule has 0 saturated carbocycles. The number of hydrogen-bond donors (Lipinski definition) is 2. The molecule has 0 radical (unpaired) electrons. The minimum Gasteiger partial charge on any atom is -0.370 e. The average molecular weight is 134 g/mol. The molecule has 0 bridgehead atoms. The van der Waals surface area contributed by atoms with Gasteiger partial charge in [0.05, 0.1) is 0 Å². The van der Waals surface area contributed by atoms with Crippen molar-refractivity contribution in [2.45, 2.75) is 18.9 Å². The fourth-order valence-corrected chi connectivity index (χ4v) is 0.405. The number of primary amides is 1. The van der Waals surface area contributed by atoms with Gasteiger partial charge in [0.15, 0.2) is 0 Å². The summed E-state index contributed by atoms with van der Waals surface area (Å²) in [6.07, 6.45) is 0.511. The Morgan fingerprint density at radius 3 is 2.56 bits per heavy atom. The number of nitrogens with two attached hydrogens (primary N) is 2. The predicted molar refractivity (Wildman–Crippen MR) is 32.4 cm³/mol. The van der Waals surface area contributed by atoms with E-state index in [1.807, 2.05) is 0 Å².